The number of benzene rings is 2. The number of amides is 3. The molecule has 1 unspecified atom stereocenters. The zero-order chi connectivity index (χ0) is 23.6. The van der Waals surface area contributed by atoms with Crippen molar-refractivity contribution in [2.24, 2.45) is 5.92 Å². The highest BCUT2D eigenvalue weighted by Gasteiger charge is 2.29. The molecule has 3 atom stereocenters. The molecule has 0 spiro atoms. The average molecular weight is 474 g/mol. The minimum atomic E-state index is -0.925. The fraction of sp³-hybridized carbons (Fsp3) is 0.375. The van der Waals surface area contributed by atoms with Gasteiger partial charge in [0.2, 0.25) is 11.8 Å². The summed E-state index contributed by atoms with van der Waals surface area (Å²) in [6.45, 7) is 0.279. The van der Waals surface area contributed by atoms with Crippen LogP contribution >= 0.6 is 11.6 Å². The number of nitrogens with one attached hydrogen (secondary N) is 3. The topological polar surface area (TPSA) is 117 Å². The molecule has 1 aliphatic rings. The smallest absolute Gasteiger partial charge is 0.408 e. The summed E-state index contributed by atoms with van der Waals surface area (Å²) in [5.74, 6) is -0.798. The first-order chi connectivity index (χ1) is 15.9. The lowest BCUT2D eigenvalue weighted by molar-refractivity contribution is -0.126. The van der Waals surface area contributed by atoms with Crippen molar-refractivity contribution in [1.29, 1.82) is 0 Å². The Labute approximate surface area is 197 Å². The molecular formula is C24H28ClN3O5. The van der Waals surface area contributed by atoms with E-state index in [1.165, 1.54) is 0 Å². The summed E-state index contributed by atoms with van der Waals surface area (Å²) in [5.41, 5.74) is 1.57. The Balaban J connectivity index is 1.62. The molecule has 0 aliphatic carbocycles. The zero-order valence-corrected chi connectivity index (χ0v) is 18.9. The van der Waals surface area contributed by atoms with Gasteiger partial charge in [-0.25, -0.2) is 4.79 Å². The van der Waals surface area contributed by atoms with E-state index in [0.717, 1.165) is 11.1 Å². The lowest BCUT2D eigenvalue weighted by Crippen LogP contribution is -2.52. The summed E-state index contributed by atoms with van der Waals surface area (Å²) in [5, 5.41) is 18.4. The molecule has 0 bridgehead atoms. The van der Waals surface area contributed by atoms with Crippen molar-refractivity contribution in [3.8, 4) is 0 Å². The van der Waals surface area contributed by atoms with E-state index in [0.29, 0.717) is 24.4 Å². The van der Waals surface area contributed by atoms with Gasteiger partial charge in [-0.3, -0.25) is 9.59 Å². The van der Waals surface area contributed by atoms with Gasteiger partial charge >= 0.3 is 6.09 Å². The molecule has 4 N–H and O–H groups in total. The molecule has 0 aromatic heterocycles. The number of carbonyl (C=O) groups is 3. The second-order valence-corrected chi connectivity index (χ2v) is 8.43. The van der Waals surface area contributed by atoms with E-state index in [-0.39, 0.29) is 31.5 Å². The monoisotopic (exact) mass is 473 g/mol. The molecule has 8 nitrogen and oxygen atoms in total. The Morgan fingerprint density at radius 3 is 2.55 bits per heavy atom. The standard InChI is InChI=1S/C24H28ClN3O5/c25-19-8-4-7-17(11-19)15-33-24(32)28-21(12-16-5-2-1-3-6-16)23(31)27-20(14-29)13-18-9-10-26-22(18)30/h1-8,11,18,20-21,29H,9-10,12-15H2,(H,26,30)(H,27,31)(H,28,32)/t18?,20-,21-/m0/s1. The lowest BCUT2D eigenvalue weighted by Gasteiger charge is -2.23. The van der Waals surface area contributed by atoms with Crippen LogP contribution in [-0.4, -0.2) is 48.2 Å². The number of carbonyl (C=O) groups excluding carboxylic acids is 3. The molecular weight excluding hydrogens is 446 g/mol. The minimum Gasteiger partial charge on any atom is -0.445 e. The van der Waals surface area contributed by atoms with E-state index in [2.05, 4.69) is 16.0 Å². The Bertz CT molecular complexity index is 956. The SMILES string of the molecule is O=C(N[C@@H](Cc1ccccc1)C(=O)N[C@H](CO)CC1CCNC1=O)OCc1cccc(Cl)c1. The van der Waals surface area contributed by atoms with E-state index in [9.17, 15) is 19.5 Å². The van der Waals surface area contributed by atoms with Crippen LogP contribution in [0, 0.1) is 5.92 Å². The van der Waals surface area contributed by atoms with Crippen LogP contribution in [0.5, 0.6) is 0 Å². The highest BCUT2D eigenvalue weighted by molar-refractivity contribution is 6.30. The van der Waals surface area contributed by atoms with Gasteiger partial charge < -0.3 is 25.8 Å². The fourth-order valence-electron chi connectivity index (χ4n) is 3.71. The summed E-state index contributed by atoms with van der Waals surface area (Å²) >= 11 is 5.95. The van der Waals surface area contributed by atoms with E-state index < -0.39 is 24.1 Å². The number of hydrogen-bond donors (Lipinski definition) is 4. The van der Waals surface area contributed by atoms with Gasteiger partial charge in [-0.1, -0.05) is 54.1 Å². The Morgan fingerprint density at radius 2 is 1.88 bits per heavy atom. The van der Waals surface area contributed by atoms with Crippen LogP contribution in [0.1, 0.15) is 24.0 Å². The number of hydrogen-bond acceptors (Lipinski definition) is 5. The number of aliphatic hydroxyl groups is 1. The van der Waals surface area contributed by atoms with Crippen LogP contribution in [0.4, 0.5) is 4.79 Å². The van der Waals surface area contributed by atoms with Crippen LogP contribution in [0.2, 0.25) is 5.02 Å². The van der Waals surface area contributed by atoms with Crippen molar-refractivity contribution in [3.05, 3.63) is 70.7 Å². The van der Waals surface area contributed by atoms with Crippen molar-refractivity contribution in [3.63, 3.8) is 0 Å². The highest BCUT2D eigenvalue weighted by atomic mass is 35.5. The number of ether oxygens (including phenoxy) is 1. The number of alkyl carbamates (subject to hydrolysis) is 1. The molecule has 2 aromatic carbocycles. The molecule has 33 heavy (non-hydrogen) atoms. The number of aliphatic hydroxyl groups excluding tert-OH is 1. The number of rotatable bonds is 10. The summed E-state index contributed by atoms with van der Waals surface area (Å²) < 4.78 is 5.26. The molecule has 0 radical (unpaired) electrons. The van der Waals surface area contributed by atoms with Crippen molar-refractivity contribution >= 4 is 29.5 Å². The van der Waals surface area contributed by atoms with Gasteiger partial charge in [-0.2, -0.15) is 0 Å². The predicted molar refractivity (Wildman–Crippen MR) is 123 cm³/mol. The molecule has 1 aliphatic heterocycles. The summed E-state index contributed by atoms with van der Waals surface area (Å²) in [6.07, 6.45) is 0.473. The average Bonchev–Trinajstić information content (AvgIpc) is 3.21. The van der Waals surface area contributed by atoms with Gasteiger partial charge in [0.1, 0.15) is 12.6 Å². The first-order valence-electron chi connectivity index (χ1n) is 10.8. The van der Waals surface area contributed by atoms with Crippen molar-refractivity contribution < 1.29 is 24.2 Å². The van der Waals surface area contributed by atoms with E-state index in [1.54, 1.807) is 24.3 Å². The molecule has 2 aromatic rings. The predicted octanol–water partition coefficient (Wildman–Crippen LogP) is 2.18. The van der Waals surface area contributed by atoms with Gasteiger partial charge in [0.25, 0.3) is 0 Å². The second-order valence-electron chi connectivity index (χ2n) is 7.99. The summed E-state index contributed by atoms with van der Waals surface area (Å²) in [7, 11) is 0. The van der Waals surface area contributed by atoms with Crippen molar-refractivity contribution in [1.82, 2.24) is 16.0 Å². The van der Waals surface area contributed by atoms with Crippen molar-refractivity contribution in [2.45, 2.75) is 38.0 Å². The van der Waals surface area contributed by atoms with Crippen LogP contribution < -0.4 is 16.0 Å². The van der Waals surface area contributed by atoms with Gasteiger partial charge in [-0.05, 0) is 36.1 Å². The van der Waals surface area contributed by atoms with Crippen LogP contribution in [-0.2, 0) is 27.4 Å². The maximum absolute atomic E-state index is 13.0. The zero-order valence-electron chi connectivity index (χ0n) is 18.1. The summed E-state index contributed by atoms with van der Waals surface area (Å²) in [6, 6.07) is 14.7. The highest BCUT2D eigenvalue weighted by Crippen LogP contribution is 2.16. The molecule has 3 rings (SSSR count). The van der Waals surface area contributed by atoms with Gasteiger partial charge in [0.15, 0.2) is 0 Å². The summed E-state index contributed by atoms with van der Waals surface area (Å²) in [4.78, 5) is 37.3. The fourth-order valence-corrected chi connectivity index (χ4v) is 3.93. The van der Waals surface area contributed by atoms with Crippen LogP contribution in [0.25, 0.3) is 0 Å². The van der Waals surface area contributed by atoms with Gasteiger partial charge in [-0.15, -0.1) is 0 Å². The molecule has 176 valence electrons. The van der Waals surface area contributed by atoms with Crippen LogP contribution in [0.3, 0.4) is 0 Å². The van der Waals surface area contributed by atoms with Crippen LogP contribution in [0.15, 0.2) is 54.6 Å². The molecule has 9 heteroatoms. The third-order valence-corrected chi connectivity index (χ3v) is 5.68. The maximum atomic E-state index is 13.0. The third kappa shape index (κ3) is 7.76. The second kappa shape index (κ2) is 12.2. The molecule has 3 amide bonds. The largest absolute Gasteiger partial charge is 0.445 e. The molecule has 1 fully saturated rings. The van der Waals surface area contributed by atoms with E-state index in [4.69, 9.17) is 16.3 Å². The minimum absolute atomic E-state index is 0.00211. The Hall–Kier alpha value is -3.10. The first-order valence-corrected chi connectivity index (χ1v) is 11.2. The van der Waals surface area contributed by atoms with Crippen molar-refractivity contribution in [2.75, 3.05) is 13.2 Å². The Morgan fingerprint density at radius 1 is 1.12 bits per heavy atom. The normalized spacial score (nSPS) is 17.0. The molecule has 0 saturated carbocycles. The number of halogens is 1. The van der Waals surface area contributed by atoms with E-state index in [1.807, 2.05) is 30.3 Å². The lowest BCUT2D eigenvalue weighted by atomic mass is 9.98. The third-order valence-electron chi connectivity index (χ3n) is 5.45. The van der Waals surface area contributed by atoms with Gasteiger partial charge in [0, 0.05) is 23.9 Å². The quantitative estimate of drug-likeness (QED) is 0.422. The maximum Gasteiger partial charge on any atom is 0.408 e. The molecule has 1 saturated heterocycles. The Kier molecular flexibility index (Phi) is 9.09. The first kappa shape index (κ1) is 24.5. The van der Waals surface area contributed by atoms with Gasteiger partial charge in [0.05, 0.1) is 12.6 Å². The molecule has 1 heterocycles. The van der Waals surface area contributed by atoms with E-state index >= 15 is 0 Å².